The monoisotopic (exact) mass is 516 g/mol. The van der Waals surface area contributed by atoms with Crippen molar-refractivity contribution >= 4 is 74.8 Å². The molecule has 114 valence electrons. The van der Waals surface area contributed by atoms with Crippen molar-refractivity contribution in [1.82, 2.24) is 4.72 Å². The highest BCUT2D eigenvalue weighted by molar-refractivity contribution is 9.11. The van der Waals surface area contributed by atoms with Gasteiger partial charge in [-0.3, -0.25) is 0 Å². The van der Waals surface area contributed by atoms with Crippen LogP contribution in [-0.4, -0.2) is 15.0 Å². The number of hydrogen-bond donors (Lipinski definition) is 2. The van der Waals surface area contributed by atoms with E-state index in [4.69, 9.17) is 5.73 Å². The molecule has 9 heteroatoms. The van der Waals surface area contributed by atoms with Gasteiger partial charge in [0.25, 0.3) is 0 Å². The van der Waals surface area contributed by atoms with Crippen molar-refractivity contribution in [2.45, 2.75) is 11.3 Å². The van der Waals surface area contributed by atoms with E-state index in [1.54, 1.807) is 23.5 Å². The van der Waals surface area contributed by atoms with Crippen molar-refractivity contribution in [3.8, 4) is 0 Å². The molecule has 0 saturated carbocycles. The number of nitrogens with two attached hydrogens (primary N) is 1. The number of rotatable bonds is 5. The molecule has 0 saturated heterocycles. The van der Waals surface area contributed by atoms with Crippen LogP contribution in [0.4, 0.5) is 5.69 Å². The maximum atomic E-state index is 12.3. The summed E-state index contributed by atoms with van der Waals surface area (Å²) in [5.74, 6) is 0. The summed E-state index contributed by atoms with van der Waals surface area (Å²) in [6.07, 6.45) is 0.629. The summed E-state index contributed by atoms with van der Waals surface area (Å²) in [4.78, 5) is 1.17. The summed E-state index contributed by atoms with van der Waals surface area (Å²) < 4.78 is 29.4. The van der Waals surface area contributed by atoms with Crippen LogP contribution in [0.15, 0.2) is 41.9 Å². The quantitative estimate of drug-likeness (QED) is 0.584. The van der Waals surface area contributed by atoms with Gasteiger partial charge in [0.2, 0.25) is 10.0 Å². The summed E-state index contributed by atoms with van der Waals surface area (Å²) >= 11 is 11.5. The largest absolute Gasteiger partial charge is 0.398 e. The van der Waals surface area contributed by atoms with Gasteiger partial charge >= 0.3 is 0 Å². The van der Waals surface area contributed by atoms with Gasteiger partial charge < -0.3 is 5.73 Å². The standard InChI is InChI=1S/C12H11Br3N2O2S2/c13-7-5-9(14)12(10(16)6-7)21(18,19)17-4-3-8-1-2-11(15)20-8/h1-2,5-6,17H,3-4,16H2. The fraction of sp³-hybridized carbons (Fsp3) is 0.167. The highest BCUT2D eigenvalue weighted by atomic mass is 79.9. The molecule has 2 rings (SSSR count). The van der Waals surface area contributed by atoms with E-state index in [1.807, 2.05) is 12.1 Å². The maximum absolute atomic E-state index is 12.3. The van der Waals surface area contributed by atoms with E-state index < -0.39 is 10.0 Å². The number of halogens is 3. The molecular weight excluding hydrogens is 508 g/mol. The third-order valence-corrected chi connectivity index (χ3v) is 7.20. The van der Waals surface area contributed by atoms with Gasteiger partial charge in [0.1, 0.15) is 4.90 Å². The smallest absolute Gasteiger partial charge is 0.243 e. The molecule has 0 atom stereocenters. The Morgan fingerprint density at radius 2 is 1.90 bits per heavy atom. The van der Waals surface area contributed by atoms with Gasteiger partial charge in [0, 0.05) is 20.4 Å². The Labute approximate surface area is 152 Å². The molecule has 0 amide bonds. The molecule has 3 N–H and O–H groups in total. The fourth-order valence-electron chi connectivity index (χ4n) is 1.73. The second kappa shape index (κ2) is 7.10. The van der Waals surface area contributed by atoms with E-state index in [1.165, 1.54) is 0 Å². The van der Waals surface area contributed by atoms with Crippen molar-refractivity contribution in [3.05, 3.63) is 41.9 Å². The number of benzene rings is 1. The van der Waals surface area contributed by atoms with Gasteiger partial charge in [-0.25, -0.2) is 13.1 Å². The Bertz CT molecular complexity index is 737. The summed E-state index contributed by atoms with van der Waals surface area (Å²) in [6.45, 7) is 0.317. The average Bonchev–Trinajstić information content (AvgIpc) is 2.72. The van der Waals surface area contributed by atoms with Gasteiger partial charge in [-0.2, -0.15) is 0 Å². The molecule has 21 heavy (non-hydrogen) atoms. The Kier molecular flexibility index (Phi) is 5.89. The lowest BCUT2D eigenvalue weighted by atomic mass is 10.3. The SMILES string of the molecule is Nc1cc(Br)cc(Br)c1S(=O)(=O)NCCc1ccc(Br)s1. The number of hydrogen-bond acceptors (Lipinski definition) is 4. The van der Waals surface area contributed by atoms with Gasteiger partial charge in [-0.15, -0.1) is 11.3 Å². The maximum Gasteiger partial charge on any atom is 0.243 e. The van der Waals surface area contributed by atoms with Crippen molar-refractivity contribution < 1.29 is 8.42 Å². The normalized spacial score (nSPS) is 11.8. The van der Waals surface area contributed by atoms with E-state index in [0.717, 1.165) is 8.66 Å². The van der Waals surface area contributed by atoms with E-state index in [9.17, 15) is 8.42 Å². The minimum absolute atomic E-state index is 0.0676. The molecule has 1 aromatic heterocycles. The van der Waals surface area contributed by atoms with Crippen LogP contribution in [0.25, 0.3) is 0 Å². The van der Waals surface area contributed by atoms with Crippen LogP contribution in [0, 0.1) is 0 Å². The van der Waals surface area contributed by atoms with Crippen molar-refractivity contribution in [2.24, 2.45) is 0 Å². The lowest BCUT2D eigenvalue weighted by Crippen LogP contribution is -2.27. The van der Waals surface area contributed by atoms with Crippen molar-refractivity contribution in [3.63, 3.8) is 0 Å². The van der Waals surface area contributed by atoms with Crippen molar-refractivity contribution in [1.29, 1.82) is 0 Å². The molecule has 1 aromatic carbocycles. The zero-order valence-corrected chi connectivity index (χ0v) is 17.0. The summed E-state index contributed by atoms with van der Waals surface area (Å²) in [5, 5.41) is 0. The molecule has 0 radical (unpaired) electrons. The van der Waals surface area contributed by atoms with E-state index in [2.05, 4.69) is 52.5 Å². The molecular formula is C12H11Br3N2O2S2. The van der Waals surface area contributed by atoms with E-state index in [-0.39, 0.29) is 10.6 Å². The highest BCUT2D eigenvalue weighted by Crippen LogP contribution is 2.31. The molecule has 0 aliphatic heterocycles. The van der Waals surface area contributed by atoms with Crippen molar-refractivity contribution in [2.75, 3.05) is 12.3 Å². The first-order chi connectivity index (χ1) is 9.79. The third-order valence-electron chi connectivity index (χ3n) is 2.60. The first-order valence-electron chi connectivity index (χ1n) is 5.78. The second-order valence-electron chi connectivity index (χ2n) is 4.16. The van der Waals surface area contributed by atoms with Gasteiger partial charge in [-0.1, -0.05) is 15.9 Å². The zero-order chi connectivity index (χ0) is 15.6. The lowest BCUT2D eigenvalue weighted by Gasteiger charge is -2.11. The third kappa shape index (κ3) is 4.52. The van der Waals surface area contributed by atoms with Gasteiger partial charge in [0.05, 0.1) is 9.47 Å². The molecule has 0 unspecified atom stereocenters. The predicted octanol–water partition coefficient (Wildman–Crippen LogP) is 4.14. The Balaban J connectivity index is 2.12. The van der Waals surface area contributed by atoms with Crippen LogP contribution in [0.5, 0.6) is 0 Å². The number of anilines is 1. The average molecular weight is 519 g/mol. The molecule has 4 nitrogen and oxygen atoms in total. The van der Waals surface area contributed by atoms with E-state index >= 15 is 0 Å². The molecule has 0 bridgehead atoms. The van der Waals surface area contributed by atoms with Crippen LogP contribution in [0.3, 0.4) is 0 Å². The van der Waals surface area contributed by atoms with E-state index in [0.29, 0.717) is 21.9 Å². The summed E-state index contributed by atoms with van der Waals surface area (Å²) in [7, 11) is -3.65. The molecule has 0 aliphatic rings. The topological polar surface area (TPSA) is 72.2 Å². The van der Waals surface area contributed by atoms with Crippen LogP contribution in [-0.2, 0) is 16.4 Å². The number of nitrogen functional groups attached to an aromatic ring is 1. The lowest BCUT2D eigenvalue weighted by molar-refractivity contribution is 0.582. The first kappa shape index (κ1) is 17.4. The van der Waals surface area contributed by atoms with Crippen LogP contribution in [0.1, 0.15) is 4.88 Å². The molecule has 0 fully saturated rings. The highest BCUT2D eigenvalue weighted by Gasteiger charge is 2.21. The Morgan fingerprint density at radius 3 is 2.48 bits per heavy atom. The number of sulfonamides is 1. The fourth-order valence-corrected chi connectivity index (χ4v) is 6.31. The minimum Gasteiger partial charge on any atom is -0.398 e. The van der Waals surface area contributed by atoms with Crippen LogP contribution < -0.4 is 10.5 Å². The number of thiophene rings is 1. The Hall–Kier alpha value is 0.0700. The predicted molar refractivity (Wildman–Crippen MR) is 97.2 cm³/mol. The van der Waals surface area contributed by atoms with Gasteiger partial charge in [-0.05, 0) is 62.5 Å². The van der Waals surface area contributed by atoms with Crippen LogP contribution in [0.2, 0.25) is 0 Å². The summed E-state index contributed by atoms with van der Waals surface area (Å²) in [6, 6.07) is 7.13. The molecule has 2 aromatic rings. The molecule has 1 heterocycles. The molecule has 0 spiro atoms. The minimum atomic E-state index is -3.65. The first-order valence-corrected chi connectivity index (χ1v) is 10.5. The number of nitrogens with one attached hydrogen (secondary N) is 1. The second-order valence-corrected chi connectivity index (χ2v) is 10.2. The zero-order valence-electron chi connectivity index (χ0n) is 10.6. The summed E-state index contributed by atoms with van der Waals surface area (Å²) in [5.41, 5.74) is 6.01. The Morgan fingerprint density at radius 1 is 1.19 bits per heavy atom. The van der Waals surface area contributed by atoms with Crippen LogP contribution >= 0.6 is 59.1 Å². The molecule has 0 aliphatic carbocycles. The van der Waals surface area contributed by atoms with Gasteiger partial charge in [0.15, 0.2) is 0 Å².